The van der Waals surface area contributed by atoms with Gasteiger partial charge in [0, 0.05) is 16.1 Å². The minimum atomic E-state index is 0.633. The predicted molar refractivity (Wildman–Crippen MR) is 65.3 cm³/mol. The molecule has 1 aromatic carbocycles. The summed E-state index contributed by atoms with van der Waals surface area (Å²) in [5.74, 6) is 0.633. The van der Waals surface area contributed by atoms with E-state index in [-0.39, 0.29) is 0 Å². The highest BCUT2D eigenvalue weighted by Gasteiger charge is 2.03. The van der Waals surface area contributed by atoms with E-state index in [1.165, 1.54) is 0 Å². The van der Waals surface area contributed by atoms with E-state index < -0.39 is 0 Å². The zero-order valence-corrected chi connectivity index (χ0v) is 9.75. The number of pyridine rings is 1. The maximum Gasteiger partial charge on any atom is 0.0720 e. The van der Waals surface area contributed by atoms with E-state index in [4.69, 9.17) is 11.6 Å². The average Bonchev–Trinajstić information content (AvgIpc) is 2.17. The third-order valence-corrected chi connectivity index (χ3v) is 2.68. The summed E-state index contributed by atoms with van der Waals surface area (Å²) >= 11 is 6.08. The van der Waals surface area contributed by atoms with Crippen molar-refractivity contribution in [3.05, 3.63) is 41.0 Å². The van der Waals surface area contributed by atoms with Crippen LogP contribution in [0.3, 0.4) is 0 Å². The van der Waals surface area contributed by atoms with E-state index in [2.05, 4.69) is 31.0 Å². The van der Waals surface area contributed by atoms with Crippen LogP contribution < -0.4 is 0 Å². The van der Waals surface area contributed by atoms with Crippen molar-refractivity contribution >= 4 is 22.5 Å². The Balaban J connectivity index is 2.48. The fourth-order valence-corrected chi connectivity index (χ4v) is 1.92. The van der Waals surface area contributed by atoms with Crippen LogP contribution in [0.2, 0.25) is 5.02 Å². The molecule has 0 saturated heterocycles. The van der Waals surface area contributed by atoms with E-state index in [0.29, 0.717) is 5.92 Å². The second-order valence-corrected chi connectivity index (χ2v) is 4.61. The second kappa shape index (κ2) is 4.19. The van der Waals surface area contributed by atoms with Gasteiger partial charge in [-0.05, 0) is 36.6 Å². The third-order valence-electron chi connectivity index (χ3n) is 2.35. The predicted octanol–water partition coefficient (Wildman–Crippen LogP) is 4.09. The lowest BCUT2D eigenvalue weighted by atomic mass is 10.1. The second-order valence-electron chi connectivity index (χ2n) is 4.21. The minimum absolute atomic E-state index is 0.633. The first-order valence-corrected chi connectivity index (χ1v) is 5.59. The van der Waals surface area contributed by atoms with Crippen molar-refractivity contribution in [2.24, 2.45) is 5.92 Å². The van der Waals surface area contributed by atoms with Crippen LogP contribution in [0, 0.1) is 5.92 Å². The van der Waals surface area contributed by atoms with Gasteiger partial charge >= 0.3 is 0 Å². The number of fused-ring (bicyclic) bond motifs is 1. The van der Waals surface area contributed by atoms with Gasteiger partial charge in [0.1, 0.15) is 0 Å². The summed E-state index contributed by atoms with van der Waals surface area (Å²) in [6.07, 6.45) is 1.02. The summed E-state index contributed by atoms with van der Waals surface area (Å²) in [6, 6.07) is 9.96. The molecule has 78 valence electrons. The van der Waals surface area contributed by atoms with Crippen LogP contribution in [0.25, 0.3) is 10.9 Å². The van der Waals surface area contributed by atoms with Gasteiger partial charge < -0.3 is 0 Å². The Morgan fingerprint density at radius 3 is 2.73 bits per heavy atom. The number of hydrogen-bond acceptors (Lipinski definition) is 1. The van der Waals surface area contributed by atoms with Gasteiger partial charge in [-0.15, -0.1) is 0 Å². The maximum atomic E-state index is 6.08. The highest BCUT2D eigenvalue weighted by Crippen LogP contribution is 2.22. The van der Waals surface area contributed by atoms with E-state index in [0.717, 1.165) is 28.0 Å². The molecule has 0 radical (unpaired) electrons. The monoisotopic (exact) mass is 219 g/mol. The highest BCUT2D eigenvalue weighted by atomic mass is 35.5. The van der Waals surface area contributed by atoms with Crippen LogP contribution in [0.5, 0.6) is 0 Å². The SMILES string of the molecule is CC(C)Cc1ccc2c(Cl)cccc2n1. The van der Waals surface area contributed by atoms with Crippen LogP contribution in [0.4, 0.5) is 0 Å². The van der Waals surface area contributed by atoms with Crippen molar-refractivity contribution in [2.45, 2.75) is 20.3 Å². The molecule has 0 spiro atoms. The van der Waals surface area contributed by atoms with E-state index in [1.807, 2.05) is 18.2 Å². The highest BCUT2D eigenvalue weighted by molar-refractivity contribution is 6.35. The number of nitrogens with zero attached hydrogens (tertiary/aromatic N) is 1. The topological polar surface area (TPSA) is 12.9 Å². The normalized spacial score (nSPS) is 11.2. The molecule has 0 N–H and O–H groups in total. The average molecular weight is 220 g/mol. The molecule has 0 aliphatic rings. The molecular weight excluding hydrogens is 206 g/mol. The first-order chi connectivity index (χ1) is 7.16. The summed E-state index contributed by atoms with van der Waals surface area (Å²) in [7, 11) is 0. The third kappa shape index (κ3) is 2.29. The minimum Gasteiger partial charge on any atom is -0.253 e. The molecule has 0 fully saturated rings. The summed E-state index contributed by atoms with van der Waals surface area (Å²) in [5.41, 5.74) is 2.13. The van der Waals surface area contributed by atoms with Gasteiger partial charge in [-0.1, -0.05) is 31.5 Å². The van der Waals surface area contributed by atoms with Crippen LogP contribution in [-0.2, 0) is 6.42 Å². The number of rotatable bonds is 2. The summed E-state index contributed by atoms with van der Waals surface area (Å²) in [5, 5.41) is 1.81. The Morgan fingerprint density at radius 2 is 2.00 bits per heavy atom. The molecule has 0 aliphatic carbocycles. The fourth-order valence-electron chi connectivity index (χ4n) is 1.69. The number of halogens is 1. The van der Waals surface area contributed by atoms with Crippen molar-refractivity contribution in [1.29, 1.82) is 0 Å². The van der Waals surface area contributed by atoms with Crippen LogP contribution in [-0.4, -0.2) is 4.98 Å². The molecule has 0 saturated carbocycles. The lowest BCUT2D eigenvalue weighted by Crippen LogP contribution is -1.97. The van der Waals surface area contributed by atoms with Crippen molar-refractivity contribution in [3.8, 4) is 0 Å². The number of hydrogen-bond donors (Lipinski definition) is 0. The van der Waals surface area contributed by atoms with Gasteiger partial charge in [-0.2, -0.15) is 0 Å². The van der Waals surface area contributed by atoms with Crippen molar-refractivity contribution in [1.82, 2.24) is 4.98 Å². The van der Waals surface area contributed by atoms with Crippen LogP contribution >= 0.6 is 11.6 Å². The zero-order chi connectivity index (χ0) is 10.8. The molecule has 15 heavy (non-hydrogen) atoms. The number of benzene rings is 1. The van der Waals surface area contributed by atoms with E-state index in [9.17, 15) is 0 Å². The molecule has 0 amide bonds. The van der Waals surface area contributed by atoms with Gasteiger partial charge in [0.25, 0.3) is 0 Å². The Hall–Kier alpha value is -1.08. The lowest BCUT2D eigenvalue weighted by molar-refractivity contribution is 0.637. The van der Waals surface area contributed by atoms with E-state index in [1.54, 1.807) is 0 Å². The smallest absolute Gasteiger partial charge is 0.0720 e. The van der Waals surface area contributed by atoms with Crippen molar-refractivity contribution < 1.29 is 0 Å². The molecule has 0 unspecified atom stereocenters. The molecule has 1 aromatic heterocycles. The van der Waals surface area contributed by atoms with Gasteiger partial charge in [-0.25, -0.2) is 0 Å². The molecule has 2 rings (SSSR count). The molecule has 0 bridgehead atoms. The maximum absolute atomic E-state index is 6.08. The summed E-state index contributed by atoms with van der Waals surface area (Å²) in [4.78, 5) is 4.59. The Labute approximate surface area is 95.1 Å². The van der Waals surface area contributed by atoms with E-state index >= 15 is 0 Å². The van der Waals surface area contributed by atoms with Crippen LogP contribution in [0.1, 0.15) is 19.5 Å². The first-order valence-electron chi connectivity index (χ1n) is 5.21. The van der Waals surface area contributed by atoms with Gasteiger partial charge in [0.15, 0.2) is 0 Å². The van der Waals surface area contributed by atoms with Crippen molar-refractivity contribution in [3.63, 3.8) is 0 Å². The lowest BCUT2D eigenvalue weighted by Gasteiger charge is -2.06. The van der Waals surface area contributed by atoms with Gasteiger partial charge in [-0.3, -0.25) is 4.98 Å². The summed E-state index contributed by atoms with van der Waals surface area (Å²) < 4.78 is 0. The molecule has 1 heterocycles. The van der Waals surface area contributed by atoms with Gasteiger partial charge in [0.2, 0.25) is 0 Å². The van der Waals surface area contributed by atoms with Crippen LogP contribution in [0.15, 0.2) is 30.3 Å². The number of aromatic nitrogens is 1. The molecule has 2 heteroatoms. The quantitative estimate of drug-likeness (QED) is 0.742. The Morgan fingerprint density at radius 1 is 1.20 bits per heavy atom. The molecule has 1 nitrogen and oxygen atoms in total. The largest absolute Gasteiger partial charge is 0.253 e. The first kappa shape index (κ1) is 10.4. The van der Waals surface area contributed by atoms with Gasteiger partial charge in [0.05, 0.1) is 5.52 Å². The standard InChI is InChI=1S/C13H14ClN/c1-9(2)8-10-6-7-11-12(14)4-3-5-13(11)15-10/h3-7,9H,8H2,1-2H3. The zero-order valence-electron chi connectivity index (χ0n) is 9.00. The Bertz CT molecular complexity index is 477. The molecule has 0 atom stereocenters. The summed E-state index contributed by atoms with van der Waals surface area (Å²) in [6.45, 7) is 4.40. The molecule has 0 aliphatic heterocycles. The van der Waals surface area contributed by atoms with Crippen molar-refractivity contribution in [2.75, 3.05) is 0 Å². The molecule has 2 aromatic rings. The fraction of sp³-hybridized carbons (Fsp3) is 0.308. The molecular formula is C13H14ClN. The Kier molecular flexibility index (Phi) is 2.92.